The Labute approximate surface area is 194 Å². The number of aromatic amines is 1. The molecular weight excluding hydrogens is 466 g/mol. The lowest BCUT2D eigenvalue weighted by Crippen LogP contribution is -2.47. The number of nitrogens with one attached hydrogen (secondary N) is 1. The number of tetrazole rings is 1. The van der Waals surface area contributed by atoms with Crippen LogP contribution in [-0.4, -0.2) is 42.8 Å². The highest BCUT2D eigenvalue weighted by atomic mass is 79.9. The molecule has 0 radical (unpaired) electrons. The van der Waals surface area contributed by atoms with E-state index in [1.165, 1.54) is 0 Å². The van der Waals surface area contributed by atoms with Crippen LogP contribution in [0.4, 0.5) is 0 Å². The van der Waals surface area contributed by atoms with Gasteiger partial charge >= 0.3 is 0 Å². The number of halogens is 1. The van der Waals surface area contributed by atoms with Crippen molar-refractivity contribution < 1.29 is 4.79 Å². The largest absolute Gasteiger partial charge is 0.330 e. The van der Waals surface area contributed by atoms with Crippen LogP contribution in [0.3, 0.4) is 0 Å². The molecule has 1 saturated heterocycles. The van der Waals surface area contributed by atoms with Gasteiger partial charge in [0.05, 0.1) is 10.2 Å². The lowest BCUT2D eigenvalue weighted by atomic mass is 9.64. The molecule has 1 fully saturated rings. The molecule has 32 heavy (non-hydrogen) atoms. The Balaban J connectivity index is 1.89. The van der Waals surface area contributed by atoms with E-state index in [0.29, 0.717) is 12.4 Å². The van der Waals surface area contributed by atoms with Crippen LogP contribution in [0.5, 0.6) is 0 Å². The van der Waals surface area contributed by atoms with Gasteiger partial charge in [0, 0.05) is 6.54 Å². The van der Waals surface area contributed by atoms with Crippen molar-refractivity contribution >= 4 is 21.8 Å². The van der Waals surface area contributed by atoms with Crippen molar-refractivity contribution in [3.05, 3.63) is 114 Å². The Bertz CT molecular complexity index is 1070. The van der Waals surface area contributed by atoms with Gasteiger partial charge in [-0.3, -0.25) is 4.79 Å². The molecular formula is C25H22BrN5O. The molecule has 2 atom stereocenters. The van der Waals surface area contributed by atoms with E-state index in [-0.39, 0.29) is 10.7 Å². The molecule has 160 valence electrons. The molecule has 5 rings (SSSR count). The van der Waals surface area contributed by atoms with Crippen molar-refractivity contribution in [1.29, 1.82) is 0 Å². The molecule has 0 saturated carbocycles. The zero-order chi connectivity index (χ0) is 22.0. The maximum atomic E-state index is 13.4. The Kier molecular flexibility index (Phi) is 5.57. The molecule has 1 N–H and O–H groups in total. The number of hydrogen-bond acceptors (Lipinski definition) is 4. The number of benzene rings is 3. The number of rotatable bonds is 6. The first-order valence-corrected chi connectivity index (χ1v) is 11.5. The number of amides is 1. The van der Waals surface area contributed by atoms with Gasteiger partial charge in [-0.1, -0.05) is 107 Å². The number of H-pyrrole nitrogens is 1. The van der Waals surface area contributed by atoms with Crippen molar-refractivity contribution in [2.24, 2.45) is 0 Å². The number of carbonyl (C=O) groups excluding carboxylic acids is 1. The first kappa shape index (κ1) is 20.6. The van der Waals surface area contributed by atoms with E-state index in [1.54, 1.807) is 0 Å². The van der Waals surface area contributed by atoms with Gasteiger partial charge in [-0.05, 0) is 33.5 Å². The minimum atomic E-state index is -0.738. The van der Waals surface area contributed by atoms with Gasteiger partial charge in [0.1, 0.15) is 6.04 Å². The molecule has 1 aliphatic rings. The fourth-order valence-electron chi connectivity index (χ4n) is 4.87. The molecule has 7 heteroatoms. The van der Waals surface area contributed by atoms with Crippen molar-refractivity contribution in [1.82, 2.24) is 25.5 Å². The summed E-state index contributed by atoms with van der Waals surface area (Å²) in [7, 11) is 0. The summed E-state index contributed by atoms with van der Waals surface area (Å²) >= 11 is 3.56. The second kappa shape index (κ2) is 8.67. The fraction of sp³-hybridized carbons (Fsp3) is 0.200. The first-order valence-electron chi connectivity index (χ1n) is 10.6. The lowest BCUT2D eigenvalue weighted by molar-refractivity contribution is -0.130. The summed E-state index contributed by atoms with van der Waals surface area (Å²) in [4.78, 5) is 15.1. The fourth-order valence-corrected chi connectivity index (χ4v) is 5.34. The molecule has 2 unspecified atom stereocenters. The predicted octanol–water partition coefficient (Wildman–Crippen LogP) is 4.27. The van der Waals surface area contributed by atoms with E-state index in [2.05, 4.69) is 73.0 Å². The number of carbonyl (C=O) groups is 1. The van der Waals surface area contributed by atoms with Crippen LogP contribution in [-0.2, 0) is 10.2 Å². The van der Waals surface area contributed by atoms with E-state index in [1.807, 2.05) is 59.5 Å². The van der Waals surface area contributed by atoms with Gasteiger partial charge in [0.25, 0.3) is 0 Å². The van der Waals surface area contributed by atoms with Gasteiger partial charge < -0.3 is 4.90 Å². The van der Waals surface area contributed by atoms with Crippen LogP contribution in [0, 0.1) is 0 Å². The Hall–Kier alpha value is -3.32. The smallest absolute Gasteiger partial charge is 0.237 e. The lowest BCUT2D eigenvalue weighted by Gasteiger charge is -2.45. The van der Waals surface area contributed by atoms with E-state index in [4.69, 9.17) is 0 Å². The molecule has 6 nitrogen and oxygen atoms in total. The van der Waals surface area contributed by atoms with E-state index < -0.39 is 11.5 Å². The van der Waals surface area contributed by atoms with Crippen LogP contribution in [0.2, 0.25) is 0 Å². The maximum absolute atomic E-state index is 13.4. The highest BCUT2D eigenvalue weighted by molar-refractivity contribution is 9.10. The summed E-state index contributed by atoms with van der Waals surface area (Å²) in [5, 5.41) is 15.1. The van der Waals surface area contributed by atoms with Gasteiger partial charge in [-0.15, -0.1) is 5.10 Å². The SMILES string of the molecule is O=C1C(Br)CCN1C(c1nnn[nH]1)C(c1ccccc1)(c1ccccc1)c1ccccc1. The monoisotopic (exact) mass is 487 g/mol. The highest BCUT2D eigenvalue weighted by Gasteiger charge is 2.52. The average Bonchev–Trinajstić information content (AvgIpc) is 3.50. The molecule has 0 spiro atoms. The topological polar surface area (TPSA) is 74.8 Å². The van der Waals surface area contributed by atoms with Gasteiger partial charge in [0.2, 0.25) is 5.91 Å². The van der Waals surface area contributed by atoms with E-state index in [9.17, 15) is 4.79 Å². The summed E-state index contributed by atoms with van der Waals surface area (Å²) < 4.78 is 0. The minimum Gasteiger partial charge on any atom is -0.330 e. The Morgan fingerprint density at radius 3 is 1.75 bits per heavy atom. The summed E-state index contributed by atoms with van der Waals surface area (Å²) in [5.74, 6) is 0.593. The minimum absolute atomic E-state index is 0.0403. The highest BCUT2D eigenvalue weighted by Crippen LogP contribution is 2.51. The third-order valence-corrected chi connectivity index (χ3v) is 7.05. The van der Waals surface area contributed by atoms with Gasteiger partial charge in [-0.25, -0.2) is 5.10 Å². The Morgan fingerprint density at radius 2 is 1.38 bits per heavy atom. The molecule has 1 aliphatic heterocycles. The molecule has 0 aliphatic carbocycles. The van der Waals surface area contributed by atoms with Crippen molar-refractivity contribution in [3.63, 3.8) is 0 Å². The molecule has 1 amide bonds. The van der Waals surface area contributed by atoms with E-state index >= 15 is 0 Å². The van der Waals surface area contributed by atoms with Crippen LogP contribution in [0.15, 0.2) is 91.0 Å². The second-order valence-electron chi connectivity index (χ2n) is 7.88. The van der Waals surface area contributed by atoms with Crippen molar-refractivity contribution in [3.8, 4) is 0 Å². The predicted molar refractivity (Wildman–Crippen MR) is 125 cm³/mol. The number of aromatic nitrogens is 4. The van der Waals surface area contributed by atoms with Crippen LogP contribution < -0.4 is 0 Å². The normalized spacial score (nSPS) is 17.5. The molecule has 0 bridgehead atoms. The zero-order valence-corrected chi connectivity index (χ0v) is 18.9. The summed E-state index contributed by atoms with van der Waals surface area (Å²) in [6.07, 6.45) is 0.728. The number of alkyl halides is 1. The van der Waals surface area contributed by atoms with Gasteiger partial charge in [-0.2, -0.15) is 0 Å². The van der Waals surface area contributed by atoms with Crippen molar-refractivity contribution in [2.75, 3.05) is 6.54 Å². The summed E-state index contributed by atoms with van der Waals surface area (Å²) in [6.45, 7) is 0.606. The number of nitrogens with zero attached hydrogens (tertiary/aromatic N) is 4. The average molecular weight is 488 g/mol. The molecule has 1 aromatic heterocycles. The van der Waals surface area contributed by atoms with Crippen molar-refractivity contribution in [2.45, 2.75) is 22.7 Å². The summed E-state index contributed by atoms with van der Waals surface area (Å²) in [6, 6.07) is 30.4. The number of hydrogen-bond donors (Lipinski definition) is 1. The second-order valence-corrected chi connectivity index (χ2v) is 8.99. The maximum Gasteiger partial charge on any atom is 0.237 e. The summed E-state index contributed by atoms with van der Waals surface area (Å²) in [5.41, 5.74) is 2.44. The van der Waals surface area contributed by atoms with Gasteiger partial charge in [0.15, 0.2) is 5.82 Å². The van der Waals surface area contributed by atoms with E-state index in [0.717, 1.165) is 23.1 Å². The third-order valence-electron chi connectivity index (χ3n) is 6.20. The quantitative estimate of drug-likeness (QED) is 0.325. The Morgan fingerprint density at radius 1 is 0.875 bits per heavy atom. The zero-order valence-electron chi connectivity index (χ0n) is 17.3. The third kappa shape index (κ3) is 3.33. The van der Waals surface area contributed by atoms with Crippen LogP contribution in [0.1, 0.15) is 35.0 Å². The first-order chi connectivity index (χ1) is 15.7. The number of likely N-dealkylation sites (tertiary alicyclic amines) is 1. The van der Waals surface area contributed by atoms with Crippen LogP contribution in [0.25, 0.3) is 0 Å². The molecule has 4 aromatic rings. The molecule has 3 aromatic carbocycles. The standard InChI is InChI=1S/C25H22BrN5O/c26-21-16-17-31(24(21)32)22(23-27-29-30-28-23)25(18-10-4-1-5-11-18,19-12-6-2-7-13-19)20-14-8-3-9-15-20/h1-15,21-22H,16-17H2,(H,27,28,29,30). The molecule has 2 heterocycles. The van der Waals surface area contributed by atoms with Crippen LogP contribution >= 0.6 is 15.9 Å².